The van der Waals surface area contributed by atoms with Crippen molar-refractivity contribution < 1.29 is 14.7 Å². The maximum atomic E-state index is 11.0. The number of quaternary nitrogens is 1. The van der Waals surface area contributed by atoms with Crippen LogP contribution in [0.3, 0.4) is 0 Å². The van der Waals surface area contributed by atoms with E-state index >= 15 is 0 Å². The molecule has 1 aliphatic rings. The maximum absolute atomic E-state index is 11.0. The Hall–Kier alpha value is -2.56. The van der Waals surface area contributed by atoms with E-state index in [-0.39, 0.29) is 0 Å². The highest BCUT2D eigenvalue weighted by atomic mass is 16.5. The van der Waals surface area contributed by atoms with Crippen molar-refractivity contribution in [3.63, 3.8) is 0 Å². The van der Waals surface area contributed by atoms with Crippen molar-refractivity contribution >= 4 is 0 Å². The van der Waals surface area contributed by atoms with Crippen molar-refractivity contribution in [2.75, 3.05) is 20.2 Å². The van der Waals surface area contributed by atoms with Crippen molar-refractivity contribution in [2.45, 2.75) is 51.3 Å². The van der Waals surface area contributed by atoms with Crippen LogP contribution >= 0.6 is 0 Å². The predicted molar refractivity (Wildman–Crippen MR) is 129 cm³/mol. The Labute approximate surface area is 192 Å². The quantitative estimate of drug-likeness (QED) is 0.502. The summed E-state index contributed by atoms with van der Waals surface area (Å²) in [7, 11) is 1.71. The van der Waals surface area contributed by atoms with E-state index in [0.717, 1.165) is 43.4 Å². The molecule has 2 atom stereocenters. The van der Waals surface area contributed by atoms with Gasteiger partial charge in [-0.2, -0.15) is 0 Å². The molecule has 1 unspecified atom stereocenters. The van der Waals surface area contributed by atoms with E-state index in [1.807, 2.05) is 42.5 Å². The number of benzene rings is 2. The third-order valence-electron chi connectivity index (χ3n) is 6.81. The lowest BCUT2D eigenvalue weighted by Gasteiger charge is -2.29. The van der Waals surface area contributed by atoms with E-state index in [1.165, 1.54) is 48.3 Å². The van der Waals surface area contributed by atoms with Crippen LogP contribution in [0.15, 0.2) is 72.9 Å². The van der Waals surface area contributed by atoms with Crippen molar-refractivity contribution in [1.82, 2.24) is 4.57 Å². The molecule has 0 saturated heterocycles. The largest absolute Gasteiger partial charge is 0.497 e. The number of aliphatic hydroxyl groups is 1. The van der Waals surface area contributed by atoms with Gasteiger partial charge in [-0.15, -0.1) is 0 Å². The third kappa shape index (κ3) is 6.24. The molecule has 3 aromatic rings. The summed E-state index contributed by atoms with van der Waals surface area (Å²) in [4.78, 5) is 1.47. The second-order valence-electron chi connectivity index (χ2n) is 9.24. The highest BCUT2D eigenvalue weighted by Crippen LogP contribution is 2.22. The SMILES string of the molecule is COc1cccc(Cn2cccc2C[NH+](CC2CCCCC2)C[C@@H](O)c2ccccc2)c1. The number of aromatic nitrogens is 1. The lowest BCUT2D eigenvalue weighted by molar-refractivity contribution is -0.921. The highest BCUT2D eigenvalue weighted by molar-refractivity contribution is 5.29. The molecule has 0 aliphatic heterocycles. The first-order valence-electron chi connectivity index (χ1n) is 12.0. The van der Waals surface area contributed by atoms with E-state index < -0.39 is 6.10 Å². The van der Waals surface area contributed by atoms with Gasteiger partial charge in [0.15, 0.2) is 0 Å². The normalized spacial score (nSPS) is 16.6. The summed E-state index contributed by atoms with van der Waals surface area (Å²) in [6, 6.07) is 22.8. The van der Waals surface area contributed by atoms with Crippen LogP contribution in [0, 0.1) is 5.92 Å². The summed E-state index contributed by atoms with van der Waals surface area (Å²) in [5, 5.41) is 11.0. The first-order valence-corrected chi connectivity index (χ1v) is 12.0. The second-order valence-corrected chi connectivity index (χ2v) is 9.24. The van der Waals surface area contributed by atoms with Crippen LogP contribution in [0.2, 0.25) is 0 Å². The fourth-order valence-corrected chi connectivity index (χ4v) is 5.08. The molecule has 4 rings (SSSR count). The van der Waals surface area contributed by atoms with Gasteiger partial charge in [0.25, 0.3) is 0 Å². The topological polar surface area (TPSA) is 38.8 Å². The van der Waals surface area contributed by atoms with Gasteiger partial charge in [0.1, 0.15) is 24.9 Å². The molecule has 170 valence electrons. The first kappa shape index (κ1) is 22.6. The van der Waals surface area contributed by atoms with Crippen molar-refractivity contribution in [2.24, 2.45) is 5.92 Å². The molecular formula is C28H37N2O2+. The molecule has 4 heteroatoms. The molecule has 0 radical (unpaired) electrons. The minimum absolute atomic E-state index is 0.434. The molecule has 1 aromatic heterocycles. The molecule has 0 bridgehead atoms. The molecule has 1 fully saturated rings. The first-order chi connectivity index (χ1) is 15.7. The molecule has 2 aromatic carbocycles. The fraction of sp³-hybridized carbons (Fsp3) is 0.429. The van der Waals surface area contributed by atoms with E-state index in [2.05, 4.69) is 35.0 Å². The summed E-state index contributed by atoms with van der Waals surface area (Å²) in [5.41, 5.74) is 3.57. The average molecular weight is 434 g/mol. The van der Waals surface area contributed by atoms with Gasteiger partial charge in [-0.1, -0.05) is 61.7 Å². The summed E-state index contributed by atoms with van der Waals surface area (Å²) in [5.74, 6) is 1.66. The minimum Gasteiger partial charge on any atom is -0.497 e. The number of hydrogen-bond acceptors (Lipinski definition) is 2. The fourth-order valence-electron chi connectivity index (χ4n) is 5.08. The molecular weight excluding hydrogens is 396 g/mol. The number of aliphatic hydroxyl groups excluding tert-OH is 1. The maximum Gasteiger partial charge on any atom is 0.128 e. The zero-order valence-corrected chi connectivity index (χ0v) is 19.2. The molecule has 1 saturated carbocycles. The summed E-state index contributed by atoms with van der Waals surface area (Å²) >= 11 is 0. The van der Waals surface area contributed by atoms with Gasteiger partial charge in [-0.25, -0.2) is 0 Å². The van der Waals surface area contributed by atoms with Gasteiger partial charge in [0.05, 0.1) is 19.3 Å². The van der Waals surface area contributed by atoms with Gasteiger partial charge in [0.2, 0.25) is 0 Å². The van der Waals surface area contributed by atoms with Crippen molar-refractivity contribution in [3.05, 3.63) is 89.7 Å². The van der Waals surface area contributed by atoms with E-state index in [4.69, 9.17) is 4.74 Å². The zero-order chi connectivity index (χ0) is 22.2. The Balaban J connectivity index is 1.48. The summed E-state index contributed by atoms with van der Waals surface area (Å²) in [6.45, 7) is 3.63. The van der Waals surface area contributed by atoms with Gasteiger partial charge >= 0.3 is 0 Å². The number of rotatable bonds is 10. The second kappa shape index (κ2) is 11.3. The van der Waals surface area contributed by atoms with Crippen LogP contribution in [0.1, 0.15) is 55.0 Å². The zero-order valence-electron chi connectivity index (χ0n) is 19.2. The van der Waals surface area contributed by atoms with Crippen molar-refractivity contribution in [1.29, 1.82) is 0 Å². The Bertz CT molecular complexity index is 947. The van der Waals surface area contributed by atoms with Crippen molar-refractivity contribution in [3.8, 4) is 5.75 Å². The summed E-state index contributed by atoms with van der Waals surface area (Å²) < 4.78 is 7.74. The van der Waals surface area contributed by atoms with Crippen LogP contribution in [0.5, 0.6) is 5.75 Å². The number of methoxy groups -OCH3 is 1. The Morgan fingerprint density at radius 2 is 1.81 bits per heavy atom. The molecule has 32 heavy (non-hydrogen) atoms. The number of hydrogen-bond donors (Lipinski definition) is 2. The number of ether oxygens (including phenoxy) is 1. The van der Waals surface area contributed by atoms with Crippen LogP contribution in [-0.4, -0.2) is 29.9 Å². The van der Waals surface area contributed by atoms with E-state index in [0.29, 0.717) is 0 Å². The van der Waals surface area contributed by atoms with Crippen LogP contribution in [0.4, 0.5) is 0 Å². The summed E-state index contributed by atoms with van der Waals surface area (Å²) in [6.07, 6.45) is 8.47. The minimum atomic E-state index is -0.434. The highest BCUT2D eigenvalue weighted by Gasteiger charge is 2.24. The molecule has 4 nitrogen and oxygen atoms in total. The Kier molecular flexibility index (Phi) is 8.02. The van der Waals surface area contributed by atoms with Gasteiger partial charge in [-0.3, -0.25) is 0 Å². The molecule has 0 spiro atoms. The lowest BCUT2D eigenvalue weighted by atomic mass is 9.89. The van der Waals surface area contributed by atoms with Gasteiger partial charge in [0, 0.05) is 18.7 Å². The molecule has 2 N–H and O–H groups in total. The van der Waals surface area contributed by atoms with Crippen LogP contribution < -0.4 is 9.64 Å². The standard InChI is InChI=1S/C28H36N2O2/c1-32-27-16-8-12-24(18-27)20-30-17-9-15-26(30)21-29(19-23-10-4-2-5-11-23)22-28(31)25-13-6-3-7-14-25/h3,6-9,12-18,23,28,31H,2,4-5,10-11,19-22H2,1H3/p+1/t28-/m1/s1. The van der Waals surface area contributed by atoms with Gasteiger partial charge in [-0.05, 0) is 48.2 Å². The molecule has 1 aliphatic carbocycles. The molecule has 0 amide bonds. The van der Waals surface area contributed by atoms with Crippen LogP contribution in [0.25, 0.3) is 0 Å². The van der Waals surface area contributed by atoms with Crippen LogP contribution in [-0.2, 0) is 13.1 Å². The van der Waals surface area contributed by atoms with E-state index in [1.54, 1.807) is 7.11 Å². The smallest absolute Gasteiger partial charge is 0.128 e. The third-order valence-corrected chi connectivity index (χ3v) is 6.81. The lowest BCUT2D eigenvalue weighted by Crippen LogP contribution is -3.12. The Morgan fingerprint density at radius 1 is 1.00 bits per heavy atom. The Morgan fingerprint density at radius 3 is 2.59 bits per heavy atom. The predicted octanol–water partition coefficient (Wildman–Crippen LogP) is 4.24. The average Bonchev–Trinajstić information content (AvgIpc) is 3.26. The van der Waals surface area contributed by atoms with E-state index in [9.17, 15) is 5.11 Å². The number of nitrogens with zero attached hydrogens (tertiary/aromatic N) is 1. The molecule has 1 heterocycles. The van der Waals surface area contributed by atoms with Gasteiger partial charge < -0.3 is 19.3 Å². The monoisotopic (exact) mass is 433 g/mol. The number of nitrogens with one attached hydrogen (secondary N) is 1.